The van der Waals surface area contributed by atoms with E-state index >= 15 is 0 Å². The number of ether oxygens (including phenoxy) is 1. The molecule has 3 atom stereocenters. The van der Waals surface area contributed by atoms with Crippen LogP contribution < -0.4 is 5.32 Å². The molecule has 0 unspecified atom stereocenters. The second-order valence-electron chi connectivity index (χ2n) is 5.34. The van der Waals surface area contributed by atoms with Gasteiger partial charge in [0, 0.05) is 43.4 Å². The Bertz CT molecular complexity index is 403. The Morgan fingerprint density at radius 2 is 2.47 bits per heavy atom. The van der Waals surface area contributed by atoms with Crippen LogP contribution in [-0.4, -0.2) is 39.7 Å². The lowest BCUT2D eigenvalue weighted by molar-refractivity contribution is -0.0200. The summed E-state index contributed by atoms with van der Waals surface area (Å²) in [6.07, 6.45) is 7.70. The zero-order chi connectivity index (χ0) is 13.1. The van der Waals surface area contributed by atoms with Crippen LogP contribution in [0.25, 0.3) is 0 Å². The van der Waals surface area contributed by atoms with E-state index in [0.717, 1.165) is 25.4 Å². The molecule has 0 radical (unpaired) electrons. The van der Waals surface area contributed by atoms with Crippen LogP contribution in [0.15, 0.2) is 12.4 Å². The van der Waals surface area contributed by atoms with Crippen molar-refractivity contribution in [1.29, 1.82) is 0 Å². The number of imidazole rings is 1. The van der Waals surface area contributed by atoms with E-state index in [0.29, 0.717) is 12.1 Å². The van der Waals surface area contributed by atoms with Crippen LogP contribution in [0.4, 0.5) is 0 Å². The minimum absolute atomic E-state index is 0.120. The first-order valence-electron chi connectivity index (χ1n) is 7.35. The van der Waals surface area contributed by atoms with Gasteiger partial charge in [0.2, 0.25) is 0 Å². The third kappa shape index (κ3) is 2.98. The summed E-state index contributed by atoms with van der Waals surface area (Å²) < 4.78 is 8.24. The predicted octanol–water partition coefficient (Wildman–Crippen LogP) is 2.22. The molecule has 1 N–H and O–H groups in total. The number of nitrogens with zero attached hydrogens (tertiary/aromatic N) is 2. The second kappa shape index (κ2) is 6.29. The van der Waals surface area contributed by atoms with Crippen molar-refractivity contribution in [2.45, 2.75) is 50.9 Å². The van der Waals surface area contributed by atoms with E-state index in [9.17, 15) is 0 Å². The maximum atomic E-state index is 6.04. The second-order valence-corrected chi connectivity index (χ2v) is 6.49. The molecule has 2 fully saturated rings. The molecule has 2 aliphatic rings. The minimum atomic E-state index is 0.120. The molecule has 0 saturated carbocycles. The van der Waals surface area contributed by atoms with E-state index < -0.39 is 0 Å². The van der Waals surface area contributed by atoms with Gasteiger partial charge >= 0.3 is 0 Å². The van der Waals surface area contributed by atoms with E-state index in [1.165, 1.54) is 24.3 Å². The summed E-state index contributed by atoms with van der Waals surface area (Å²) in [5, 5.41) is 3.81. The molecule has 3 rings (SSSR count). The van der Waals surface area contributed by atoms with Crippen molar-refractivity contribution in [2.75, 3.05) is 18.1 Å². The number of aromatic nitrogens is 2. The van der Waals surface area contributed by atoms with Crippen molar-refractivity contribution in [3.8, 4) is 0 Å². The average molecular weight is 281 g/mol. The fourth-order valence-electron chi connectivity index (χ4n) is 3.02. The lowest BCUT2D eigenvalue weighted by Crippen LogP contribution is -2.45. The van der Waals surface area contributed by atoms with Crippen molar-refractivity contribution in [3.63, 3.8) is 0 Å². The fraction of sp³-hybridized carbons (Fsp3) is 0.786. The Kier molecular flexibility index (Phi) is 4.45. The van der Waals surface area contributed by atoms with Gasteiger partial charge in [0.25, 0.3) is 0 Å². The van der Waals surface area contributed by atoms with Gasteiger partial charge in [-0.25, -0.2) is 4.98 Å². The number of rotatable bonds is 4. The van der Waals surface area contributed by atoms with Crippen LogP contribution in [-0.2, 0) is 11.3 Å². The van der Waals surface area contributed by atoms with Gasteiger partial charge in [-0.3, -0.25) is 0 Å². The Morgan fingerprint density at radius 1 is 1.53 bits per heavy atom. The first-order valence-corrected chi connectivity index (χ1v) is 8.50. The van der Waals surface area contributed by atoms with Crippen molar-refractivity contribution in [2.24, 2.45) is 0 Å². The maximum absolute atomic E-state index is 6.04. The minimum Gasteiger partial charge on any atom is -0.369 e. The molecule has 19 heavy (non-hydrogen) atoms. The van der Waals surface area contributed by atoms with Gasteiger partial charge in [0.1, 0.15) is 11.9 Å². The van der Waals surface area contributed by atoms with Gasteiger partial charge < -0.3 is 14.6 Å². The standard InChI is InChI=1S/C14H23N3OS/c1-2-17-7-6-15-14(17)13-12(4-3-8-18-13)16-11-5-9-19-10-11/h6-7,11-13,16H,2-5,8-10H2,1H3/t11-,12-,13-/m0/s1. The fourth-order valence-corrected chi connectivity index (χ4v) is 4.19. The quantitative estimate of drug-likeness (QED) is 0.918. The van der Waals surface area contributed by atoms with E-state index in [1.807, 2.05) is 6.20 Å². The number of nitrogens with one attached hydrogen (secondary N) is 1. The Labute approximate surface area is 119 Å². The molecule has 5 heteroatoms. The lowest BCUT2D eigenvalue weighted by atomic mass is 10.0. The molecule has 0 aliphatic carbocycles. The smallest absolute Gasteiger partial charge is 0.139 e. The largest absolute Gasteiger partial charge is 0.369 e. The molecule has 2 aliphatic heterocycles. The van der Waals surface area contributed by atoms with Gasteiger partial charge in [-0.1, -0.05) is 0 Å². The SMILES string of the molecule is CCn1ccnc1[C@H]1OCCC[C@@H]1N[C@H]1CCSC1. The average Bonchev–Trinajstić information content (AvgIpc) is 3.09. The highest BCUT2D eigenvalue weighted by molar-refractivity contribution is 7.99. The molecule has 2 saturated heterocycles. The highest BCUT2D eigenvalue weighted by Crippen LogP contribution is 2.29. The van der Waals surface area contributed by atoms with Crippen molar-refractivity contribution >= 4 is 11.8 Å². The third-order valence-electron chi connectivity index (χ3n) is 4.04. The van der Waals surface area contributed by atoms with Gasteiger partial charge in [-0.2, -0.15) is 11.8 Å². The van der Waals surface area contributed by atoms with Crippen LogP contribution >= 0.6 is 11.8 Å². The lowest BCUT2D eigenvalue weighted by Gasteiger charge is -2.34. The van der Waals surface area contributed by atoms with E-state index in [1.54, 1.807) is 0 Å². The van der Waals surface area contributed by atoms with Gasteiger partial charge in [0.05, 0.1) is 0 Å². The van der Waals surface area contributed by atoms with Gasteiger partial charge in [-0.15, -0.1) is 0 Å². The summed E-state index contributed by atoms with van der Waals surface area (Å²) in [7, 11) is 0. The zero-order valence-corrected chi connectivity index (χ0v) is 12.4. The van der Waals surface area contributed by atoms with E-state index in [4.69, 9.17) is 4.74 Å². The predicted molar refractivity (Wildman–Crippen MR) is 78.5 cm³/mol. The number of hydrogen-bond donors (Lipinski definition) is 1. The maximum Gasteiger partial charge on any atom is 0.139 e. The summed E-state index contributed by atoms with van der Waals surface area (Å²) in [5.74, 6) is 3.62. The third-order valence-corrected chi connectivity index (χ3v) is 5.21. The van der Waals surface area contributed by atoms with Gasteiger partial charge in [-0.05, 0) is 31.9 Å². The molecule has 0 amide bonds. The molecule has 1 aromatic rings. The summed E-state index contributed by atoms with van der Waals surface area (Å²) in [6.45, 7) is 3.98. The number of hydrogen-bond acceptors (Lipinski definition) is 4. The highest BCUT2D eigenvalue weighted by atomic mass is 32.2. The summed E-state index contributed by atoms with van der Waals surface area (Å²) in [5.41, 5.74) is 0. The summed E-state index contributed by atoms with van der Waals surface area (Å²) in [4.78, 5) is 4.53. The molecule has 4 nitrogen and oxygen atoms in total. The normalized spacial score (nSPS) is 31.7. The zero-order valence-electron chi connectivity index (χ0n) is 11.5. The van der Waals surface area contributed by atoms with Gasteiger partial charge in [0.15, 0.2) is 0 Å². The van der Waals surface area contributed by atoms with Crippen LogP contribution in [0.2, 0.25) is 0 Å². The topological polar surface area (TPSA) is 39.1 Å². The molecule has 0 aromatic carbocycles. The number of aryl methyl sites for hydroxylation is 1. The Balaban J connectivity index is 1.72. The molecule has 0 spiro atoms. The van der Waals surface area contributed by atoms with Crippen LogP contribution in [0.1, 0.15) is 38.1 Å². The van der Waals surface area contributed by atoms with Crippen LogP contribution in [0, 0.1) is 0 Å². The Hall–Kier alpha value is -0.520. The monoisotopic (exact) mass is 281 g/mol. The first kappa shape index (κ1) is 13.5. The molecular weight excluding hydrogens is 258 g/mol. The molecule has 3 heterocycles. The number of thioether (sulfide) groups is 1. The first-order chi connectivity index (χ1) is 9.38. The van der Waals surface area contributed by atoms with Crippen molar-refractivity contribution in [3.05, 3.63) is 18.2 Å². The van der Waals surface area contributed by atoms with E-state index in [-0.39, 0.29) is 6.10 Å². The van der Waals surface area contributed by atoms with Crippen molar-refractivity contribution in [1.82, 2.24) is 14.9 Å². The van der Waals surface area contributed by atoms with Crippen LogP contribution in [0.5, 0.6) is 0 Å². The summed E-state index contributed by atoms with van der Waals surface area (Å²) >= 11 is 2.05. The van der Waals surface area contributed by atoms with Crippen LogP contribution in [0.3, 0.4) is 0 Å². The Morgan fingerprint density at radius 3 is 3.26 bits per heavy atom. The summed E-state index contributed by atoms with van der Waals surface area (Å²) in [6, 6.07) is 1.08. The van der Waals surface area contributed by atoms with Crippen molar-refractivity contribution < 1.29 is 4.74 Å². The highest BCUT2D eigenvalue weighted by Gasteiger charge is 2.32. The molecule has 0 bridgehead atoms. The molecular formula is C14H23N3OS. The molecule has 1 aromatic heterocycles. The van der Waals surface area contributed by atoms with E-state index in [2.05, 4.69) is 39.8 Å². The molecule has 106 valence electrons.